The highest BCUT2D eigenvalue weighted by Gasteiger charge is 2.21. The zero-order chi connectivity index (χ0) is 23.7. The zero-order valence-electron chi connectivity index (χ0n) is 18.6. The topological polar surface area (TPSA) is 93.1 Å². The van der Waals surface area contributed by atoms with Crippen molar-refractivity contribution >= 4 is 34.5 Å². The Labute approximate surface area is 201 Å². The lowest BCUT2D eigenvalue weighted by Crippen LogP contribution is -2.12. The number of aromatic nitrogens is 2. The smallest absolute Gasteiger partial charge is 0.262 e. The Balaban J connectivity index is 1.69. The average Bonchev–Trinajstić information content (AvgIpc) is 3.36. The Morgan fingerprint density at radius 1 is 1.27 bits per heavy atom. The van der Waals surface area contributed by atoms with E-state index in [1.54, 1.807) is 18.3 Å². The summed E-state index contributed by atoms with van der Waals surface area (Å²) in [5, 5.41) is 9.79. The Kier molecular flexibility index (Phi) is 6.71. The van der Waals surface area contributed by atoms with E-state index in [1.165, 1.54) is 11.3 Å². The molecule has 172 valence electrons. The molecule has 0 aliphatic carbocycles. The standard InChI is InChI=1S/C24H25ClN4O3S/c1-14(17-6-4-15(13-30)8-18(17)25)32-20-9-21(33-23(20)24(26)31)19-10-27-22-7-5-16(11-28(2)3)12-29(19)22/h4-10,12,14,30H,11,13H2,1-3H3,(H2,26,31). The van der Waals surface area contributed by atoms with Crippen LogP contribution in [-0.4, -0.2) is 39.4 Å². The second kappa shape index (κ2) is 9.52. The van der Waals surface area contributed by atoms with Crippen LogP contribution in [-0.2, 0) is 13.2 Å². The van der Waals surface area contributed by atoms with Gasteiger partial charge in [0, 0.05) is 29.4 Å². The molecule has 9 heteroatoms. The van der Waals surface area contributed by atoms with Crippen molar-refractivity contribution < 1.29 is 14.6 Å². The molecule has 3 aromatic heterocycles. The van der Waals surface area contributed by atoms with Crippen molar-refractivity contribution in [3.05, 3.63) is 75.4 Å². The molecule has 0 aliphatic heterocycles. The van der Waals surface area contributed by atoms with Crippen molar-refractivity contribution in [3.63, 3.8) is 0 Å². The van der Waals surface area contributed by atoms with Crippen molar-refractivity contribution in [1.82, 2.24) is 14.3 Å². The molecule has 1 amide bonds. The van der Waals surface area contributed by atoms with Gasteiger partial charge in [-0.3, -0.25) is 9.20 Å². The van der Waals surface area contributed by atoms with Gasteiger partial charge in [0.05, 0.1) is 23.4 Å². The average molecular weight is 485 g/mol. The minimum atomic E-state index is -0.558. The number of fused-ring (bicyclic) bond motifs is 1. The maximum Gasteiger partial charge on any atom is 0.262 e. The van der Waals surface area contributed by atoms with E-state index in [9.17, 15) is 9.90 Å². The number of benzene rings is 1. The highest BCUT2D eigenvalue weighted by atomic mass is 35.5. The number of ether oxygens (including phenoxy) is 1. The largest absolute Gasteiger partial charge is 0.484 e. The van der Waals surface area contributed by atoms with Crippen molar-refractivity contribution in [2.75, 3.05) is 14.1 Å². The van der Waals surface area contributed by atoms with Gasteiger partial charge in [0.2, 0.25) is 0 Å². The quantitative estimate of drug-likeness (QED) is 0.384. The highest BCUT2D eigenvalue weighted by molar-refractivity contribution is 7.17. The van der Waals surface area contributed by atoms with Crippen LogP contribution in [0.15, 0.2) is 48.8 Å². The number of hydrogen-bond acceptors (Lipinski definition) is 6. The van der Waals surface area contributed by atoms with Crippen molar-refractivity contribution in [2.45, 2.75) is 26.2 Å². The van der Waals surface area contributed by atoms with Gasteiger partial charge in [-0.2, -0.15) is 0 Å². The number of aliphatic hydroxyl groups excluding tert-OH is 1. The normalized spacial score (nSPS) is 12.4. The second-order valence-electron chi connectivity index (χ2n) is 8.09. The summed E-state index contributed by atoms with van der Waals surface area (Å²) in [6.07, 6.45) is 3.40. The van der Waals surface area contributed by atoms with E-state index < -0.39 is 12.0 Å². The summed E-state index contributed by atoms with van der Waals surface area (Å²) < 4.78 is 8.15. The van der Waals surface area contributed by atoms with Crippen molar-refractivity contribution in [2.24, 2.45) is 5.73 Å². The molecule has 4 rings (SSSR count). The Bertz CT molecular complexity index is 1310. The third kappa shape index (κ3) is 4.89. The lowest BCUT2D eigenvalue weighted by atomic mass is 10.1. The SMILES string of the molecule is CC(Oc1cc(-c2cnc3ccc(CN(C)C)cn23)sc1C(N)=O)c1ccc(CO)cc1Cl. The van der Waals surface area contributed by atoms with Gasteiger partial charge < -0.3 is 20.5 Å². The van der Waals surface area contributed by atoms with Crippen LogP contribution < -0.4 is 10.5 Å². The van der Waals surface area contributed by atoms with Gasteiger partial charge in [0.15, 0.2) is 0 Å². The minimum Gasteiger partial charge on any atom is -0.484 e. The predicted octanol–water partition coefficient (Wildman–Crippen LogP) is 4.51. The fraction of sp³-hybridized carbons (Fsp3) is 0.250. The van der Waals surface area contributed by atoms with Gasteiger partial charge in [-0.05, 0) is 44.3 Å². The molecule has 3 N–H and O–H groups in total. The molecule has 0 bridgehead atoms. The van der Waals surface area contributed by atoms with Crippen LogP contribution in [0.5, 0.6) is 5.75 Å². The molecule has 33 heavy (non-hydrogen) atoms. The molecule has 7 nitrogen and oxygen atoms in total. The number of imidazole rings is 1. The van der Waals surface area contributed by atoms with Gasteiger partial charge in [0.25, 0.3) is 5.91 Å². The van der Waals surface area contributed by atoms with Gasteiger partial charge in [-0.1, -0.05) is 29.8 Å². The van der Waals surface area contributed by atoms with Crippen molar-refractivity contribution in [1.29, 1.82) is 0 Å². The molecule has 0 spiro atoms. The van der Waals surface area contributed by atoms with E-state index in [4.69, 9.17) is 22.1 Å². The molecule has 4 aromatic rings. The number of pyridine rings is 1. The maximum atomic E-state index is 12.2. The molecule has 0 saturated carbocycles. The second-order valence-corrected chi connectivity index (χ2v) is 9.55. The van der Waals surface area contributed by atoms with E-state index >= 15 is 0 Å². The maximum absolute atomic E-state index is 12.2. The zero-order valence-corrected chi connectivity index (χ0v) is 20.2. The number of amides is 1. The summed E-state index contributed by atoms with van der Waals surface area (Å²) in [7, 11) is 4.04. The summed E-state index contributed by atoms with van der Waals surface area (Å²) in [6.45, 7) is 2.56. The predicted molar refractivity (Wildman–Crippen MR) is 131 cm³/mol. The number of rotatable bonds is 8. The van der Waals surface area contributed by atoms with Crippen LogP contribution >= 0.6 is 22.9 Å². The summed E-state index contributed by atoms with van der Waals surface area (Å²) >= 11 is 7.65. The summed E-state index contributed by atoms with van der Waals surface area (Å²) in [6, 6.07) is 11.2. The number of hydrogen-bond donors (Lipinski definition) is 2. The van der Waals surface area contributed by atoms with Crippen LogP contribution in [0.4, 0.5) is 0 Å². The van der Waals surface area contributed by atoms with Crippen LogP contribution in [0.2, 0.25) is 5.02 Å². The molecule has 3 heterocycles. The monoisotopic (exact) mass is 484 g/mol. The first-order valence-electron chi connectivity index (χ1n) is 10.4. The number of primary amides is 1. The first kappa shape index (κ1) is 23.3. The molecular weight excluding hydrogens is 460 g/mol. The lowest BCUT2D eigenvalue weighted by molar-refractivity contribution is 0.0998. The van der Waals surface area contributed by atoms with E-state index in [0.717, 1.165) is 33.9 Å². The summed E-state index contributed by atoms with van der Waals surface area (Å²) in [4.78, 5) is 19.9. The fourth-order valence-electron chi connectivity index (χ4n) is 3.68. The number of nitrogens with zero attached hydrogens (tertiary/aromatic N) is 3. The third-order valence-corrected chi connectivity index (χ3v) is 6.71. The lowest BCUT2D eigenvalue weighted by Gasteiger charge is -2.16. The number of aliphatic hydroxyl groups is 1. The molecule has 1 atom stereocenters. The van der Waals surface area contributed by atoms with Crippen LogP contribution in [0.25, 0.3) is 16.2 Å². The first-order chi connectivity index (χ1) is 15.8. The van der Waals surface area contributed by atoms with E-state index in [2.05, 4.69) is 16.0 Å². The summed E-state index contributed by atoms with van der Waals surface area (Å²) in [5.74, 6) is -0.158. The molecule has 0 radical (unpaired) electrons. The molecule has 0 aliphatic rings. The van der Waals surface area contributed by atoms with Gasteiger partial charge >= 0.3 is 0 Å². The molecule has 1 unspecified atom stereocenters. The van der Waals surface area contributed by atoms with Crippen LogP contribution in [0.1, 0.15) is 39.4 Å². The molecular formula is C24H25ClN4O3S. The number of carbonyl (C=O) groups excluding carboxylic acids is 1. The number of thiophene rings is 1. The van der Waals surface area contributed by atoms with E-state index in [1.807, 2.05) is 49.8 Å². The van der Waals surface area contributed by atoms with Crippen molar-refractivity contribution in [3.8, 4) is 16.3 Å². The minimum absolute atomic E-state index is 0.0927. The third-order valence-electron chi connectivity index (χ3n) is 5.23. The van der Waals surface area contributed by atoms with Crippen LogP contribution in [0, 0.1) is 0 Å². The number of nitrogens with two attached hydrogens (primary N) is 1. The Hall–Kier alpha value is -2.91. The number of halogens is 1. The Morgan fingerprint density at radius 3 is 2.70 bits per heavy atom. The number of carbonyl (C=O) groups is 1. The summed E-state index contributed by atoms with van der Waals surface area (Å²) in [5.41, 5.74) is 9.94. The Morgan fingerprint density at radius 2 is 2.03 bits per heavy atom. The van der Waals surface area contributed by atoms with Gasteiger partial charge in [-0.25, -0.2) is 4.98 Å². The fourth-order valence-corrected chi connectivity index (χ4v) is 4.98. The highest BCUT2D eigenvalue weighted by Crippen LogP contribution is 2.39. The van der Waals surface area contributed by atoms with Gasteiger partial charge in [-0.15, -0.1) is 11.3 Å². The van der Waals surface area contributed by atoms with Crippen LogP contribution in [0.3, 0.4) is 0 Å². The first-order valence-corrected chi connectivity index (χ1v) is 11.6. The van der Waals surface area contributed by atoms with E-state index in [-0.39, 0.29) is 6.61 Å². The van der Waals surface area contributed by atoms with E-state index in [0.29, 0.717) is 21.2 Å². The molecule has 1 aromatic carbocycles. The molecule has 0 saturated heterocycles. The molecule has 0 fully saturated rings. The van der Waals surface area contributed by atoms with Gasteiger partial charge in [0.1, 0.15) is 22.4 Å².